The Balaban J connectivity index is 1.98. The van der Waals surface area contributed by atoms with Crippen LogP contribution in [0.4, 0.5) is 0 Å². The molecule has 0 radical (unpaired) electrons. The summed E-state index contributed by atoms with van der Waals surface area (Å²) < 4.78 is 0. The van der Waals surface area contributed by atoms with E-state index in [-0.39, 0.29) is 17.9 Å². The van der Waals surface area contributed by atoms with E-state index in [1.165, 1.54) is 0 Å². The highest BCUT2D eigenvalue weighted by molar-refractivity contribution is 5.80. The Bertz CT molecular complexity index is 312. The van der Waals surface area contributed by atoms with Crippen LogP contribution in [-0.2, 0) is 4.79 Å². The van der Waals surface area contributed by atoms with Crippen molar-refractivity contribution in [1.29, 1.82) is 5.26 Å². The average molecular weight is 205 g/mol. The van der Waals surface area contributed by atoms with Gasteiger partial charge in [0.05, 0.1) is 12.0 Å². The zero-order valence-corrected chi connectivity index (χ0v) is 8.65. The van der Waals surface area contributed by atoms with E-state index in [1.54, 1.807) is 11.0 Å². The van der Waals surface area contributed by atoms with E-state index in [0.717, 1.165) is 25.9 Å². The second kappa shape index (κ2) is 4.45. The van der Waals surface area contributed by atoms with Gasteiger partial charge >= 0.3 is 0 Å². The largest absolute Gasteiger partial charge is 0.319 e. The fourth-order valence-corrected chi connectivity index (χ4v) is 2.16. The minimum atomic E-state index is -0.348. The molecular formula is C11H15N3O. The molecule has 0 bridgehead atoms. The Morgan fingerprint density at radius 1 is 1.60 bits per heavy atom. The van der Waals surface area contributed by atoms with Gasteiger partial charge in [0.1, 0.15) is 6.04 Å². The smallest absolute Gasteiger partial charge is 0.228 e. The molecule has 1 N–H and O–H groups in total. The van der Waals surface area contributed by atoms with Gasteiger partial charge in [0, 0.05) is 13.1 Å². The molecule has 0 aromatic rings. The topological polar surface area (TPSA) is 56.1 Å². The predicted molar refractivity (Wildman–Crippen MR) is 55.8 cm³/mol. The zero-order valence-electron chi connectivity index (χ0n) is 8.65. The van der Waals surface area contributed by atoms with Crippen molar-refractivity contribution in [2.45, 2.75) is 18.9 Å². The maximum atomic E-state index is 12.1. The number of hydrogen-bond donors (Lipinski definition) is 1. The minimum absolute atomic E-state index is 0.0644. The van der Waals surface area contributed by atoms with Gasteiger partial charge in [-0.15, -0.1) is 0 Å². The van der Waals surface area contributed by atoms with Crippen molar-refractivity contribution < 1.29 is 4.79 Å². The lowest BCUT2D eigenvalue weighted by atomic mass is 9.98. The molecule has 4 heteroatoms. The van der Waals surface area contributed by atoms with Crippen molar-refractivity contribution in [3.05, 3.63) is 12.2 Å². The normalized spacial score (nSPS) is 30.2. The first kappa shape index (κ1) is 10.2. The quantitative estimate of drug-likeness (QED) is 0.625. The Morgan fingerprint density at radius 3 is 3.13 bits per heavy atom. The van der Waals surface area contributed by atoms with Crippen LogP contribution in [0, 0.1) is 17.2 Å². The third kappa shape index (κ3) is 2.02. The van der Waals surface area contributed by atoms with Gasteiger partial charge in [-0.25, -0.2) is 0 Å². The molecule has 2 aliphatic heterocycles. The highest BCUT2D eigenvalue weighted by atomic mass is 16.2. The van der Waals surface area contributed by atoms with Gasteiger partial charge < -0.3 is 10.2 Å². The summed E-state index contributed by atoms with van der Waals surface area (Å²) in [4.78, 5) is 13.7. The molecule has 2 rings (SSSR count). The van der Waals surface area contributed by atoms with Crippen LogP contribution in [0.5, 0.6) is 0 Å². The van der Waals surface area contributed by atoms with E-state index >= 15 is 0 Å². The number of carbonyl (C=O) groups excluding carboxylic acids is 1. The maximum Gasteiger partial charge on any atom is 0.228 e. The van der Waals surface area contributed by atoms with Crippen molar-refractivity contribution in [3.63, 3.8) is 0 Å². The summed E-state index contributed by atoms with van der Waals surface area (Å²) in [6.07, 6.45) is 5.69. The molecule has 4 nitrogen and oxygen atoms in total. The molecule has 1 amide bonds. The Labute approximate surface area is 89.6 Å². The van der Waals surface area contributed by atoms with Crippen LogP contribution in [0.25, 0.3) is 0 Å². The second-order valence-corrected chi connectivity index (χ2v) is 4.04. The van der Waals surface area contributed by atoms with Crippen LogP contribution in [0.3, 0.4) is 0 Å². The summed E-state index contributed by atoms with van der Waals surface area (Å²) in [7, 11) is 0. The minimum Gasteiger partial charge on any atom is -0.319 e. The summed E-state index contributed by atoms with van der Waals surface area (Å²) in [5, 5.41) is 12.1. The van der Waals surface area contributed by atoms with Crippen LogP contribution in [0.15, 0.2) is 12.2 Å². The van der Waals surface area contributed by atoms with Gasteiger partial charge in [-0.2, -0.15) is 5.26 Å². The zero-order chi connectivity index (χ0) is 10.7. The molecule has 0 saturated carbocycles. The molecular weight excluding hydrogens is 190 g/mol. The van der Waals surface area contributed by atoms with Crippen molar-refractivity contribution in [1.82, 2.24) is 10.2 Å². The monoisotopic (exact) mass is 205 g/mol. The van der Waals surface area contributed by atoms with E-state index < -0.39 is 0 Å². The van der Waals surface area contributed by atoms with Crippen molar-refractivity contribution in [2.24, 2.45) is 5.92 Å². The van der Waals surface area contributed by atoms with Crippen molar-refractivity contribution in [3.8, 4) is 6.07 Å². The first-order valence-electron chi connectivity index (χ1n) is 5.40. The van der Waals surface area contributed by atoms with Gasteiger partial charge in [-0.3, -0.25) is 4.79 Å². The van der Waals surface area contributed by atoms with Crippen molar-refractivity contribution in [2.75, 3.05) is 19.6 Å². The molecule has 80 valence electrons. The number of nitriles is 1. The van der Waals surface area contributed by atoms with Crippen molar-refractivity contribution >= 4 is 5.91 Å². The Hall–Kier alpha value is -1.34. The van der Waals surface area contributed by atoms with Crippen LogP contribution in [0.1, 0.15) is 12.8 Å². The summed E-state index contributed by atoms with van der Waals surface area (Å²) in [5.41, 5.74) is 0. The molecule has 2 heterocycles. The highest BCUT2D eigenvalue weighted by Crippen LogP contribution is 2.18. The van der Waals surface area contributed by atoms with Crippen LogP contribution >= 0.6 is 0 Å². The standard InChI is InChI=1S/C11H15N3O/c12-7-10-4-2-6-14(10)11(15)9-3-1-5-13-8-9/h2,4,9-10,13H,1,3,5-6,8H2. The fourth-order valence-electron chi connectivity index (χ4n) is 2.16. The molecule has 2 aliphatic rings. The molecule has 2 unspecified atom stereocenters. The number of hydrogen-bond acceptors (Lipinski definition) is 3. The van der Waals surface area contributed by atoms with Gasteiger partial charge in [-0.1, -0.05) is 6.08 Å². The van der Waals surface area contributed by atoms with E-state index in [1.807, 2.05) is 6.08 Å². The lowest BCUT2D eigenvalue weighted by molar-refractivity contribution is -0.135. The molecule has 0 aromatic heterocycles. The molecule has 1 fully saturated rings. The number of nitrogens with zero attached hydrogens (tertiary/aromatic N) is 2. The second-order valence-electron chi connectivity index (χ2n) is 4.04. The third-order valence-electron chi connectivity index (χ3n) is 3.02. The lowest BCUT2D eigenvalue weighted by Crippen LogP contribution is -2.44. The first-order chi connectivity index (χ1) is 7.33. The van der Waals surface area contributed by atoms with Crippen LogP contribution in [0.2, 0.25) is 0 Å². The molecule has 0 spiro atoms. The molecule has 15 heavy (non-hydrogen) atoms. The van der Waals surface area contributed by atoms with E-state index in [2.05, 4.69) is 11.4 Å². The predicted octanol–water partition coefficient (Wildman–Crippen LogP) is 0.277. The highest BCUT2D eigenvalue weighted by Gasteiger charge is 2.30. The number of nitrogens with one attached hydrogen (secondary N) is 1. The molecule has 2 atom stereocenters. The van der Waals surface area contributed by atoms with E-state index in [9.17, 15) is 4.79 Å². The Morgan fingerprint density at radius 2 is 2.47 bits per heavy atom. The summed E-state index contributed by atoms with van der Waals surface area (Å²) >= 11 is 0. The van der Waals surface area contributed by atoms with E-state index in [0.29, 0.717) is 6.54 Å². The summed E-state index contributed by atoms with van der Waals surface area (Å²) in [6.45, 7) is 2.35. The summed E-state index contributed by atoms with van der Waals surface area (Å²) in [5.74, 6) is 0.188. The van der Waals surface area contributed by atoms with Gasteiger partial charge in [0.25, 0.3) is 0 Å². The van der Waals surface area contributed by atoms with Crippen LogP contribution < -0.4 is 5.32 Å². The molecule has 1 saturated heterocycles. The SMILES string of the molecule is N#CC1C=CCN1C(=O)C1CCCNC1. The maximum absolute atomic E-state index is 12.1. The molecule has 0 aromatic carbocycles. The number of piperidine rings is 1. The molecule has 0 aliphatic carbocycles. The van der Waals surface area contributed by atoms with Gasteiger partial charge in [-0.05, 0) is 25.5 Å². The van der Waals surface area contributed by atoms with Gasteiger partial charge in [0.2, 0.25) is 5.91 Å². The number of carbonyl (C=O) groups is 1. The number of rotatable bonds is 1. The fraction of sp³-hybridized carbons (Fsp3) is 0.636. The average Bonchev–Trinajstić information content (AvgIpc) is 2.77. The summed E-state index contributed by atoms with van der Waals surface area (Å²) in [6, 6.07) is 1.78. The lowest BCUT2D eigenvalue weighted by Gasteiger charge is -2.28. The van der Waals surface area contributed by atoms with E-state index in [4.69, 9.17) is 5.26 Å². The van der Waals surface area contributed by atoms with Gasteiger partial charge in [0.15, 0.2) is 0 Å². The van der Waals surface area contributed by atoms with Crippen LogP contribution in [-0.4, -0.2) is 36.5 Å². The third-order valence-corrected chi connectivity index (χ3v) is 3.02. The Kier molecular flexibility index (Phi) is 3.02. The number of amides is 1. The first-order valence-corrected chi connectivity index (χ1v) is 5.40.